The zero-order chi connectivity index (χ0) is 17.6. The summed E-state index contributed by atoms with van der Waals surface area (Å²) >= 11 is 5.90. The van der Waals surface area contributed by atoms with E-state index in [1.165, 1.54) is 5.56 Å². The first-order valence-corrected chi connectivity index (χ1v) is 8.95. The first-order chi connectivity index (χ1) is 12.1. The monoisotopic (exact) mass is 358 g/mol. The Morgan fingerprint density at radius 3 is 2.40 bits per heavy atom. The maximum absolute atomic E-state index is 12.4. The normalized spacial score (nSPS) is 16.4. The summed E-state index contributed by atoms with van der Waals surface area (Å²) < 4.78 is 5.37. The predicted molar refractivity (Wildman–Crippen MR) is 99.9 cm³/mol. The summed E-state index contributed by atoms with van der Waals surface area (Å²) in [5.74, 6) is -0.0691. The Morgan fingerprint density at radius 1 is 1.12 bits per heavy atom. The lowest BCUT2D eigenvalue weighted by Gasteiger charge is -2.26. The molecule has 0 unspecified atom stereocenters. The molecule has 0 spiro atoms. The van der Waals surface area contributed by atoms with Gasteiger partial charge >= 0.3 is 0 Å². The fourth-order valence-electron chi connectivity index (χ4n) is 2.89. The Hall–Kier alpha value is -1.88. The van der Waals surface area contributed by atoms with E-state index >= 15 is 0 Å². The van der Waals surface area contributed by atoms with E-state index in [0.29, 0.717) is 10.6 Å². The molecule has 5 heteroatoms. The van der Waals surface area contributed by atoms with Crippen LogP contribution in [0.4, 0.5) is 0 Å². The lowest BCUT2D eigenvalue weighted by Crippen LogP contribution is -2.35. The molecule has 1 N–H and O–H groups in total. The topological polar surface area (TPSA) is 41.6 Å². The van der Waals surface area contributed by atoms with Gasteiger partial charge in [0.05, 0.1) is 19.3 Å². The third-order valence-electron chi connectivity index (χ3n) is 4.44. The third-order valence-corrected chi connectivity index (χ3v) is 4.70. The van der Waals surface area contributed by atoms with Gasteiger partial charge in [0.25, 0.3) is 5.91 Å². The molecule has 3 rings (SSSR count). The first-order valence-electron chi connectivity index (χ1n) is 8.57. The van der Waals surface area contributed by atoms with E-state index in [1.807, 2.05) is 55.5 Å². The summed E-state index contributed by atoms with van der Waals surface area (Å²) in [6, 6.07) is 15.3. The Morgan fingerprint density at radius 2 is 1.76 bits per heavy atom. The van der Waals surface area contributed by atoms with E-state index in [-0.39, 0.29) is 11.9 Å². The number of benzene rings is 2. The molecule has 0 aliphatic carbocycles. The van der Waals surface area contributed by atoms with Crippen molar-refractivity contribution < 1.29 is 9.53 Å². The lowest BCUT2D eigenvalue weighted by molar-refractivity contribution is 0.0342. The molecule has 0 radical (unpaired) electrons. The van der Waals surface area contributed by atoms with Crippen LogP contribution in [0.1, 0.15) is 34.5 Å². The lowest BCUT2D eigenvalue weighted by atomic mass is 10.1. The zero-order valence-corrected chi connectivity index (χ0v) is 15.1. The van der Waals surface area contributed by atoms with Crippen LogP contribution in [0.25, 0.3) is 0 Å². The Bertz CT molecular complexity index is 695. The molecule has 1 aliphatic rings. The van der Waals surface area contributed by atoms with E-state index in [2.05, 4.69) is 10.2 Å². The molecule has 1 fully saturated rings. The Balaban J connectivity index is 1.57. The van der Waals surface area contributed by atoms with E-state index < -0.39 is 0 Å². The summed E-state index contributed by atoms with van der Waals surface area (Å²) in [5, 5.41) is 3.72. The molecule has 0 saturated carbocycles. The van der Waals surface area contributed by atoms with Crippen molar-refractivity contribution in [1.29, 1.82) is 0 Å². The van der Waals surface area contributed by atoms with Crippen LogP contribution in [0, 0.1) is 0 Å². The molecule has 0 bridgehead atoms. The molecule has 25 heavy (non-hydrogen) atoms. The largest absolute Gasteiger partial charge is 0.379 e. The van der Waals surface area contributed by atoms with Crippen molar-refractivity contribution in [3.05, 3.63) is 70.2 Å². The number of carbonyl (C=O) groups is 1. The average Bonchev–Trinajstić information content (AvgIpc) is 2.63. The number of halogens is 1. The Kier molecular flexibility index (Phi) is 6.08. The maximum atomic E-state index is 12.4. The van der Waals surface area contributed by atoms with Crippen LogP contribution >= 0.6 is 11.6 Å². The number of carbonyl (C=O) groups excluding carboxylic acids is 1. The summed E-state index contributed by atoms with van der Waals surface area (Å²) in [6.07, 6.45) is 0. The molecule has 132 valence electrons. The van der Waals surface area contributed by atoms with Crippen LogP contribution in [0.3, 0.4) is 0 Å². The summed E-state index contributed by atoms with van der Waals surface area (Å²) in [6.45, 7) is 6.37. The molecule has 0 aromatic heterocycles. The molecule has 1 atom stereocenters. The van der Waals surface area contributed by atoms with Gasteiger partial charge in [-0.25, -0.2) is 0 Å². The van der Waals surface area contributed by atoms with Gasteiger partial charge in [-0.05, 0) is 42.3 Å². The molecule has 1 aliphatic heterocycles. The number of ether oxygens (including phenoxy) is 1. The number of amides is 1. The standard InChI is InChI=1S/C20H23ClN2O2/c1-15(17-6-8-19(21)9-7-17)22-20(24)18-4-2-16(3-5-18)14-23-10-12-25-13-11-23/h2-9,15H,10-14H2,1H3,(H,22,24)/t15-/m1/s1. The molecule has 1 heterocycles. The highest BCUT2D eigenvalue weighted by molar-refractivity contribution is 6.30. The van der Waals surface area contributed by atoms with Crippen LogP contribution in [0.2, 0.25) is 5.02 Å². The van der Waals surface area contributed by atoms with Gasteiger partial charge in [-0.15, -0.1) is 0 Å². The second kappa shape index (κ2) is 8.48. The molecule has 2 aromatic rings. The van der Waals surface area contributed by atoms with Crippen molar-refractivity contribution in [2.75, 3.05) is 26.3 Å². The van der Waals surface area contributed by atoms with Gasteiger partial charge in [0.2, 0.25) is 0 Å². The maximum Gasteiger partial charge on any atom is 0.251 e. The second-order valence-electron chi connectivity index (χ2n) is 6.33. The highest BCUT2D eigenvalue weighted by Crippen LogP contribution is 2.17. The van der Waals surface area contributed by atoms with Gasteiger partial charge in [0.15, 0.2) is 0 Å². The molecule has 1 amide bonds. The molecular weight excluding hydrogens is 336 g/mol. The van der Waals surface area contributed by atoms with Crippen molar-refractivity contribution in [3.63, 3.8) is 0 Å². The minimum absolute atomic E-state index is 0.0691. The number of nitrogens with zero attached hydrogens (tertiary/aromatic N) is 1. The fraction of sp³-hybridized carbons (Fsp3) is 0.350. The van der Waals surface area contributed by atoms with E-state index in [9.17, 15) is 4.79 Å². The minimum Gasteiger partial charge on any atom is -0.379 e. The van der Waals surface area contributed by atoms with Crippen LogP contribution in [0.5, 0.6) is 0 Å². The van der Waals surface area contributed by atoms with Gasteiger partial charge < -0.3 is 10.1 Å². The number of hydrogen-bond acceptors (Lipinski definition) is 3. The molecule has 4 nitrogen and oxygen atoms in total. The van der Waals surface area contributed by atoms with Crippen LogP contribution in [-0.4, -0.2) is 37.1 Å². The number of hydrogen-bond donors (Lipinski definition) is 1. The van der Waals surface area contributed by atoms with Gasteiger partial charge in [-0.2, -0.15) is 0 Å². The summed E-state index contributed by atoms with van der Waals surface area (Å²) in [7, 11) is 0. The van der Waals surface area contributed by atoms with Crippen LogP contribution in [0.15, 0.2) is 48.5 Å². The quantitative estimate of drug-likeness (QED) is 0.886. The van der Waals surface area contributed by atoms with Crippen molar-refractivity contribution in [2.24, 2.45) is 0 Å². The highest BCUT2D eigenvalue weighted by Gasteiger charge is 2.13. The zero-order valence-electron chi connectivity index (χ0n) is 14.4. The molecular formula is C20H23ClN2O2. The van der Waals surface area contributed by atoms with E-state index in [0.717, 1.165) is 38.4 Å². The first kappa shape index (κ1) is 17.9. The highest BCUT2D eigenvalue weighted by atomic mass is 35.5. The van der Waals surface area contributed by atoms with Gasteiger partial charge in [-0.3, -0.25) is 9.69 Å². The van der Waals surface area contributed by atoms with Crippen LogP contribution < -0.4 is 5.32 Å². The SMILES string of the molecule is C[C@@H](NC(=O)c1ccc(CN2CCOCC2)cc1)c1ccc(Cl)cc1. The van der Waals surface area contributed by atoms with Crippen molar-refractivity contribution in [1.82, 2.24) is 10.2 Å². The van der Waals surface area contributed by atoms with Crippen molar-refractivity contribution >= 4 is 17.5 Å². The number of morpholine rings is 1. The summed E-state index contributed by atoms with van der Waals surface area (Å²) in [5.41, 5.74) is 2.91. The number of nitrogens with one attached hydrogen (secondary N) is 1. The fourth-order valence-corrected chi connectivity index (χ4v) is 3.02. The summed E-state index contributed by atoms with van der Waals surface area (Å²) in [4.78, 5) is 14.8. The van der Waals surface area contributed by atoms with Crippen LogP contribution in [-0.2, 0) is 11.3 Å². The van der Waals surface area contributed by atoms with E-state index in [4.69, 9.17) is 16.3 Å². The van der Waals surface area contributed by atoms with Crippen molar-refractivity contribution in [2.45, 2.75) is 19.5 Å². The third kappa shape index (κ3) is 5.05. The second-order valence-corrected chi connectivity index (χ2v) is 6.77. The smallest absolute Gasteiger partial charge is 0.251 e. The van der Waals surface area contributed by atoms with Gasteiger partial charge in [0.1, 0.15) is 0 Å². The predicted octanol–water partition coefficient (Wildman–Crippen LogP) is 3.66. The molecule has 1 saturated heterocycles. The van der Waals surface area contributed by atoms with Gasteiger partial charge in [0, 0.05) is 30.2 Å². The Labute approximate surface area is 153 Å². The average molecular weight is 359 g/mol. The number of rotatable bonds is 5. The van der Waals surface area contributed by atoms with E-state index in [1.54, 1.807) is 0 Å². The molecule has 2 aromatic carbocycles. The minimum atomic E-state index is -0.0715. The van der Waals surface area contributed by atoms with Gasteiger partial charge in [-0.1, -0.05) is 35.9 Å². The van der Waals surface area contributed by atoms with Crippen molar-refractivity contribution in [3.8, 4) is 0 Å².